The van der Waals surface area contributed by atoms with Crippen molar-refractivity contribution in [2.45, 2.75) is 44.9 Å². The van der Waals surface area contributed by atoms with Crippen molar-refractivity contribution in [1.82, 2.24) is 25.1 Å². The summed E-state index contributed by atoms with van der Waals surface area (Å²) in [5, 5.41) is 14.1. The number of hydrogen-bond acceptors (Lipinski definition) is 9. The fourth-order valence-corrected chi connectivity index (χ4v) is 4.93. The molecule has 14 nitrogen and oxygen atoms in total. The summed E-state index contributed by atoms with van der Waals surface area (Å²) >= 11 is 0. The minimum Gasteiger partial charge on any atom is -0.483 e. The molecule has 2 aliphatic rings. The van der Waals surface area contributed by atoms with Crippen molar-refractivity contribution in [3.63, 3.8) is 0 Å². The van der Waals surface area contributed by atoms with E-state index in [9.17, 15) is 37.9 Å². The second-order valence-electron chi connectivity index (χ2n) is 10.2. The van der Waals surface area contributed by atoms with Gasteiger partial charge in [0.15, 0.2) is 17.7 Å². The van der Waals surface area contributed by atoms with Crippen LogP contribution in [0.15, 0.2) is 53.6 Å². The molecule has 1 fully saturated rings. The molecule has 45 heavy (non-hydrogen) atoms. The minimum absolute atomic E-state index is 0.00847. The van der Waals surface area contributed by atoms with E-state index in [1.165, 1.54) is 15.7 Å². The van der Waals surface area contributed by atoms with Crippen LogP contribution in [0.5, 0.6) is 5.75 Å². The van der Waals surface area contributed by atoms with Crippen molar-refractivity contribution in [1.29, 1.82) is 0 Å². The second-order valence-corrected chi connectivity index (χ2v) is 10.2. The predicted molar refractivity (Wildman–Crippen MR) is 148 cm³/mol. The summed E-state index contributed by atoms with van der Waals surface area (Å²) in [6, 6.07) is 7.41. The number of nitrogens with zero attached hydrogens (tertiary/aromatic N) is 3. The topological polar surface area (TPSA) is 178 Å². The van der Waals surface area contributed by atoms with E-state index < -0.39 is 77.7 Å². The Balaban J connectivity index is 1.44. The molecule has 3 amide bonds. The van der Waals surface area contributed by atoms with E-state index in [1.54, 1.807) is 25.1 Å². The molecule has 5 rings (SSSR count). The second kappa shape index (κ2) is 13.1. The molecule has 1 aromatic carbocycles. The van der Waals surface area contributed by atoms with Gasteiger partial charge in [-0.1, -0.05) is 12.1 Å². The third-order valence-corrected chi connectivity index (χ3v) is 7.13. The molecule has 0 spiro atoms. The molecule has 0 saturated carbocycles. The molecule has 0 bridgehead atoms. The van der Waals surface area contributed by atoms with Crippen LogP contribution in [0.3, 0.4) is 0 Å². The zero-order chi connectivity index (χ0) is 32.2. The highest BCUT2D eigenvalue weighted by molar-refractivity contribution is 5.99. The average Bonchev–Trinajstić information content (AvgIpc) is 3.38. The normalized spacial score (nSPS) is 17.6. The third-order valence-electron chi connectivity index (χ3n) is 7.13. The number of amides is 3. The maximum Gasteiger partial charge on any atom is 0.506 e. The Hall–Kier alpha value is -5.38. The summed E-state index contributed by atoms with van der Waals surface area (Å²) in [6.07, 6.45) is -1.67. The molecule has 0 aliphatic carbocycles. The first kappa shape index (κ1) is 31.1. The van der Waals surface area contributed by atoms with E-state index in [0.29, 0.717) is 11.8 Å². The van der Waals surface area contributed by atoms with Crippen molar-refractivity contribution in [2.75, 3.05) is 13.2 Å². The lowest BCUT2D eigenvalue weighted by Crippen LogP contribution is -2.49. The Morgan fingerprint density at radius 2 is 1.96 bits per heavy atom. The predicted octanol–water partition coefficient (Wildman–Crippen LogP) is 1.41. The van der Waals surface area contributed by atoms with E-state index in [-0.39, 0.29) is 37.0 Å². The molecule has 3 N–H and O–H groups in total. The number of rotatable bonds is 10. The van der Waals surface area contributed by atoms with Crippen LogP contribution in [0.2, 0.25) is 0 Å². The number of carbonyl (C=O) groups is 4. The van der Waals surface area contributed by atoms with Gasteiger partial charge in [-0.15, -0.1) is 0 Å². The number of fused-ring (bicyclic) bond motifs is 2. The number of hydrogen-bond donors (Lipinski definition) is 3. The van der Waals surface area contributed by atoms with Gasteiger partial charge in [0, 0.05) is 30.6 Å². The van der Waals surface area contributed by atoms with Crippen molar-refractivity contribution >= 4 is 23.9 Å². The van der Waals surface area contributed by atoms with Crippen LogP contribution >= 0.6 is 0 Å². The molecule has 16 heteroatoms. The zero-order valence-corrected chi connectivity index (χ0v) is 23.7. The van der Waals surface area contributed by atoms with Crippen molar-refractivity contribution in [2.24, 2.45) is 0 Å². The molecule has 236 valence electrons. The van der Waals surface area contributed by atoms with Gasteiger partial charge in [0.25, 0.3) is 17.7 Å². The fraction of sp³-hybridized carbons (Fsp3) is 0.310. The Morgan fingerprint density at radius 3 is 2.67 bits per heavy atom. The molecule has 4 heterocycles. The van der Waals surface area contributed by atoms with Crippen molar-refractivity contribution in [3.8, 4) is 5.75 Å². The first-order valence-electron chi connectivity index (χ1n) is 13.7. The highest BCUT2D eigenvalue weighted by Gasteiger charge is 2.43. The highest BCUT2D eigenvalue weighted by Crippen LogP contribution is 2.30. The van der Waals surface area contributed by atoms with Gasteiger partial charge in [0.1, 0.15) is 23.8 Å². The first-order chi connectivity index (χ1) is 21.5. The molecule has 1 unspecified atom stereocenters. The number of aromatic nitrogens is 2. The zero-order valence-electron chi connectivity index (χ0n) is 23.7. The Morgan fingerprint density at radius 1 is 1.16 bits per heavy atom. The van der Waals surface area contributed by atoms with Crippen LogP contribution in [-0.4, -0.2) is 75.0 Å². The van der Waals surface area contributed by atoms with Crippen LogP contribution < -0.4 is 20.8 Å². The number of carbonyl (C=O) groups excluding carboxylic acids is 3. The molecule has 2 aromatic heterocycles. The first-order valence-corrected chi connectivity index (χ1v) is 13.7. The summed E-state index contributed by atoms with van der Waals surface area (Å²) in [4.78, 5) is 70.1. The Kier molecular flexibility index (Phi) is 9.03. The smallest absolute Gasteiger partial charge is 0.483 e. The van der Waals surface area contributed by atoms with Gasteiger partial charge < -0.3 is 39.4 Å². The Bertz CT molecular complexity index is 1700. The van der Waals surface area contributed by atoms with Gasteiger partial charge in [0.2, 0.25) is 11.5 Å². The Labute approximate surface area is 253 Å². The molecular weight excluding hydrogens is 600 g/mol. The summed E-state index contributed by atoms with van der Waals surface area (Å²) in [5.41, 5.74) is -1.39. The van der Waals surface area contributed by atoms with E-state index in [4.69, 9.17) is 14.2 Å². The van der Waals surface area contributed by atoms with E-state index in [2.05, 4.69) is 15.6 Å². The number of carboxylic acid groups (broad SMARTS) is 1. The molecule has 3 aromatic rings. The van der Waals surface area contributed by atoms with Gasteiger partial charge in [-0.3, -0.25) is 24.2 Å². The lowest BCUT2D eigenvalue weighted by atomic mass is 10.1. The average molecular weight is 628 g/mol. The lowest BCUT2D eigenvalue weighted by Gasteiger charge is -2.34. The van der Waals surface area contributed by atoms with E-state index >= 15 is 0 Å². The number of ether oxygens (including phenoxy) is 3. The maximum absolute atomic E-state index is 14.1. The van der Waals surface area contributed by atoms with Crippen molar-refractivity contribution in [3.05, 3.63) is 93.2 Å². The number of nitrogens with one attached hydrogen (secondary N) is 2. The standard InChI is InChI=1S/C29H27F2N5O9/c1-15-13-43-22-12-35-11-19(26(38)33-9-16-5-6-17(30)8-20(16)31)24(37)25(23(35)28(40)36(15)22)44-14-21(45-29(41)42)27(39)34-10-18-4-2-3-7-32-18/h2-8,11,15,21-22H,9-10,12-14H2,1H3,(H,33,38)(H,34,39)(H,41,42)/t15-,21?,22+/m0/s1. The largest absolute Gasteiger partial charge is 0.506 e. The van der Waals surface area contributed by atoms with Crippen LogP contribution in [0, 0.1) is 11.6 Å². The van der Waals surface area contributed by atoms with Gasteiger partial charge in [0.05, 0.1) is 31.4 Å². The molecule has 3 atom stereocenters. The van der Waals surface area contributed by atoms with Gasteiger partial charge in [-0.2, -0.15) is 0 Å². The van der Waals surface area contributed by atoms with Crippen molar-refractivity contribution < 1.29 is 47.3 Å². The summed E-state index contributed by atoms with van der Waals surface area (Å²) in [5.74, 6) is -4.89. The highest BCUT2D eigenvalue weighted by atomic mass is 19.1. The molecule has 2 aliphatic heterocycles. The fourth-order valence-electron chi connectivity index (χ4n) is 4.93. The monoisotopic (exact) mass is 627 g/mol. The SMILES string of the molecule is C[C@H]1CO[C@@H]2Cn3cc(C(=O)NCc4ccc(F)cc4F)c(=O)c(OCC(OC(=O)O)C(=O)NCc4ccccn4)c3C(=O)N12. The summed E-state index contributed by atoms with van der Waals surface area (Å²) < 4.78 is 44.7. The molecule has 1 saturated heterocycles. The van der Waals surface area contributed by atoms with Gasteiger partial charge >= 0.3 is 6.16 Å². The third kappa shape index (κ3) is 6.75. The quantitative estimate of drug-likeness (QED) is 0.279. The minimum atomic E-state index is -1.81. The summed E-state index contributed by atoms with van der Waals surface area (Å²) in [6.45, 7) is 0.654. The summed E-state index contributed by atoms with van der Waals surface area (Å²) in [7, 11) is 0. The molecular formula is C29H27F2N5O9. The van der Waals surface area contributed by atoms with Crippen LogP contribution in [0.4, 0.5) is 13.6 Å². The number of halogens is 2. The van der Waals surface area contributed by atoms with Gasteiger partial charge in [-0.05, 0) is 25.1 Å². The number of benzene rings is 1. The van der Waals surface area contributed by atoms with Crippen LogP contribution in [0.25, 0.3) is 0 Å². The van der Waals surface area contributed by atoms with Gasteiger partial charge in [-0.25, -0.2) is 13.6 Å². The maximum atomic E-state index is 14.1. The van der Waals surface area contributed by atoms with Crippen LogP contribution in [0.1, 0.15) is 39.0 Å². The van der Waals surface area contributed by atoms with Crippen LogP contribution in [-0.2, 0) is 33.9 Å². The van der Waals surface area contributed by atoms with E-state index in [1.807, 2.05) is 0 Å². The number of pyridine rings is 2. The lowest BCUT2D eigenvalue weighted by molar-refractivity contribution is -0.132. The molecule has 0 radical (unpaired) electrons. The van der Waals surface area contributed by atoms with E-state index in [0.717, 1.165) is 18.3 Å².